The molecule has 1 radical (unpaired) electrons. The summed E-state index contributed by atoms with van der Waals surface area (Å²) >= 11 is 0. The van der Waals surface area contributed by atoms with E-state index >= 15 is 0 Å². The number of aliphatic hydroxyl groups is 2. The Bertz CT molecular complexity index is 499. The molecule has 2 aromatic rings. The summed E-state index contributed by atoms with van der Waals surface area (Å²) in [6.45, 7) is 5.27. The number of aromatic nitrogens is 2. The molecule has 1 aromatic carbocycles. The second kappa shape index (κ2) is 10.6. The monoisotopic (exact) mass is 466 g/mol. The topological polar surface area (TPSA) is 66.2 Å². The molecule has 4 nitrogen and oxygen atoms in total. The van der Waals surface area contributed by atoms with E-state index in [0.29, 0.717) is 6.42 Å². The van der Waals surface area contributed by atoms with Gasteiger partial charge in [0.05, 0.1) is 18.0 Å². The molecule has 0 bridgehead atoms. The molecule has 2 N–H and O–H groups in total. The zero-order valence-electron chi connectivity index (χ0n) is 12.4. The molecule has 2 unspecified atom stereocenters. The summed E-state index contributed by atoms with van der Waals surface area (Å²) in [4.78, 5) is 8.47. The molecule has 117 valence electrons. The summed E-state index contributed by atoms with van der Waals surface area (Å²) in [5, 5.41) is 17.1. The Balaban J connectivity index is 0.000000436. The summed E-state index contributed by atoms with van der Waals surface area (Å²) < 4.78 is 0. The van der Waals surface area contributed by atoms with Gasteiger partial charge in [-0.15, -0.1) is 35.9 Å². The maximum Gasteiger partial charge on any atom is 0.0751 e. The second-order valence-electron chi connectivity index (χ2n) is 4.73. The van der Waals surface area contributed by atoms with Crippen molar-refractivity contribution in [3.05, 3.63) is 48.3 Å². The molecule has 1 heterocycles. The Hall–Kier alpha value is -1.13. The predicted molar refractivity (Wildman–Crippen MR) is 79.0 cm³/mol. The number of benzene rings is 1. The molecule has 21 heavy (non-hydrogen) atoms. The smallest absolute Gasteiger partial charge is 0.0751 e. The Morgan fingerprint density at radius 2 is 1.81 bits per heavy atom. The number of aliphatic hydroxyl groups excluding tert-OH is 2. The first-order valence-corrected chi connectivity index (χ1v) is 6.62. The van der Waals surface area contributed by atoms with Crippen LogP contribution in [0, 0.1) is 13.0 Å². The van der Waals surface area contributed by atoms with Crippen molar-refractivity contribution in [2.24, 2.45) is 0 Å². The molecule has 0 aliphatic carbocycles. The van der Waals surface area contributed by atoms with Crippen LogP contribution in [0.1, 0.15) is 26.0 Å². The zero-order valence-corrected chi connectivity index (χ0v) is 14.8. The van der Waals surface area contributed by atoms with Gasteiger partial charge in [0, 0.05) is 32.0 Å². The van der Waals surface area contributed by atoms with Crippen LogP contribution in [0.5, 0.6) is 0 Å². The van der Waals surface area contributed by atoms with Crippen molar-refractivity contribution in [1.29, 1.82) is 0 Å². The number of hydrogen-bond acceptors (Lipinski definition) is 4. The fraction of sp³-hybridized carbons (Fsp3) is 0.375. The van der Waals surface area contributed by atoms with Crippen molar-refractivity contribution in [3.63, 3.8) is 0 Å². The molecular weight excluding hydrogens is 444 g/mol. The minimum atomic E-state index is -0.375. The Labute approximate surface area is 139 Å². The van der Waals surface area contributed by atoms with Gasteiger partial charge in [0.25, 0.3) is 0 Å². The standard InChI is InChI=1S/C11H9N2.C5H12O2.Ir/c1-9-7-8-12-11(13-9)10-5-3-2-4-6-10;1-4(6)3-5(2)7;/h2-5,7-8H,1H3;4-7H,3H2,1-2H3;/q-1;;. The quantitative estimate of drug-likeness (QED) is 0.684. The van der Waals surface area contributed by atoms with Crippen molar-refractivity contribution in [2.45, 2.75) is 39.4 Å². The van der Waals surface area contributed by atoms with Crippen LogP contribution >= 0.6 is 0 Å². The van der Waals surface area contributed by atoms with Crippen molar-refractivity contribution in [3.8, 4) is 11.4 Å². The third-order valence-corrected chi connectivity index (χ3v) is 2.43. The molecule has 0 amide bonds. The molecule has 0 saturated heterocycles. The number of hydrogen-bond donors (Lipinski definition) is 2. The van der Waals surface area contributed by atoms with E-state index in [4.69, 9.17) is 10.2 Å². The fourth-order valence-electron chi connectivity index (χ4n) is 1.60. The molecule has 1 aromatic heterocycles. The molecule has 2 rings (SSSR count). The summed E-state index contributed by atoms with van der Waals surface area (Å²) in [6.07, 6.45) is 1.48. The summed E-state index contributed by atoms with van der Waals surface area (Å²) in [7, 11) is 0. The third-order valence-electron chi connectivity index (χ3n) is 2.43. The van der Waals surface area contributed by atoms with Crippen LogP contribution < -0.4 is 0 Å². The molecule has 0 aliphatic rings. The van der Waals surface area contributed by atoms with Gasteiger partial charge in [-0.2, -0.15) is 0 Å². The first-order chi connectivity index (χ1) is 9.49. The maximum atomic E-state index is 8.56. The summed E-state index contributed by atoms with van der Waals surface area (Å²) in [6, 6.07) is 12.7. The molecule has 0 spiro atoms. The molecule has 0 saturated carbocycles. The number of nitrogens with zero attached hydrogens (tertiary/aromatic N) is 2. The summed E-state index contributed by atoms with van der Waals surface area (Å²) in [5.41, 5.74) is 1.91. The van der Waals surface area contributed by atoms with Crippen LogP contribution in [0.4, 0.5) is 0 Å². The van der Waals surface area contributed by atoms with Gasteiger partial charge in [-0.05, 0) is 33.3 Å². The van der Waals surface area contributed by atoms with E-state index in [9.17, 15) is 0 Å². The molecular formula is C16H21IrN2O2-. The number of aryl methyl sites for hydroxylation is 1. The van der Waals surface area contributed by atoms with Gasteiger partial charge < -0.3 is 10.2 Å². The Morgan fingerprint density at radius 1 is 1.14 bits per heavy atom. The van der Waals surface area contributed by atoms with Crippen molar-refractivity contribution < 1.29 is 30.3 Å². The largest absolute Gasteiger partial charge is 0.393 e. The SMILES string of the molecule is CC(O)CC(C)O.Cc1ccnc(-c2[c-]cccc2)n1.[Ir]. The van der Waals surface area contributed by atoms with Crippen molar-refractivity contribution in [2.75, 3.05) is 0 Å². The fourth-order valence-corrected chi connectivity index (χ4v) is 1.60. The van der Waals surface area contributed by atoms with Crippen molar-refractivity contribution >= 4 is 0 Å². The van der Waals surface area contributed by atoms with Crippen LogP contribution in [0.3, 0.4) is 0 Å². The summed E-state index contributed by atoms with van der Waals surface area (Å²) in [5.74, 6) is 0.737. The van der Waals surface area contributed by atoms with Crippen molar-refractivity contribution in [1.82, 2.24) is 9.97 Å². The minimum Gasteiger partial charge on any atom is -0.393 e. The number of rotatable bonds is 3. The molecule has 2 atom stereocenters. The first-order valence-electron chi connectivity index (χ1n) is 6.62. The van der Waals surface area contributed by atoms with E-state index < -0.39 is 0 Å². The third kappa shape index (κ3) is 8.68. The van der Waals surface area contributed by atoms with Crippen LogP contribution in [-0.4, -0.2) is 32.4 Å². The molecule has 5 heteroatoms. The van der Waals surface area contributed by atoms with Crippen LogP contribution in [-0.2, 0) is 20.1 Å². The second-order valence-corrected chi connectivity index (χ2v) is 4.73. The van der Waals surface area contributed by atoms with Gasteiger partial charge in [0.15, 0.2) is 0 Å². The normalized spacial score (nSPS) is 12.4. The molecule has 0 fully saturated rings. The van der Waals surface area contributed by atoms with Gasteiger partial charge in [0.1, 0.15) is 0 Å². The van der Waals surface area contributed by atoms with E-state index in [1.165, 1.54) is 0 Å². The maximum absolute atomic E-state index is 8.56. The van der Waals surface area contributed by atoms with E-state index in [1.54, 1.807) is 20.0 Å². The zero-order chi connectivity index (χ0) is 15.0. The van der Waals surface area contributed by atoms with Gasteiger partial charge in [-0.25, -0.2) is 0 Å². The van der Waals surface area contributed by atoms with E-state index in [2.05, 4.69) is 16.0 Å². The van der Waals surface area contributed by atoms with Gasteiger partial charge in [-0.1, -0.05) is 0 Å². The Morgan fingerprint density at radius 3 is 2.24 bits per heavy atom. The average molecular weight is 466 g/mol. The molecule has 0 aliphatic heterocycles. The van der Waals surface area contributed by atoms with Crippen LogP contribution in [0.25, 0.3) is 11.4 Å². The van der Waals surface area contributed by atoms with Gasteiger partial charge in [0.2, 0.25) is 0 Å². The van der Waals surface area contributed by atoms with Gasteiger partial charge >= 0.3 is 0 Å². The van der Waals surface area contributed by atoms with E-state index in [-0.39, 0.29) is 32.3 Å². The van der Waals surface area contributed by atoms with Crippen LogP contribution in [0.15, 0.2) is 36.5 Å². The first kappa shape index (κ1) is 19.9. The predicted octanol–water partition coefficient (Wildman–Crippen LogP) is 2.39. The van der Waals surface area contributed by atoms with Crippen LogP contribution in [0.2, 0.25) is 0 Å². The van der Waals surface area contributed by atoms with E-state index in [1.807, 2.05) is 37.3 Å². The Kier molecular flexibility index (Phi) is 10.0. The van der Waals surface area contributed by atoms with Gasteiger partial charge in [-0.3, -0.25) is 9.97 Å². The average Bonchev–Trinajstić information content (AvgIpc) is 2.39. The minimum absolute atomic E-state index is 0. The van der Waals surface area contributed by atoms with E-state index in [0.717, 1.165) is 17.1 Å².